The van der Waals surface area contributed by atoms with Crippen molar-refractivity contribution in [2.24, 2.45) is 17.3 Å². The lowest BCUT2D eigenvalue weighted by Gasteiger charge is -2.58. The predicted octanol–water partition coefficient (Wildman–Crippen LogP) is 3.11. The minimum Gasteiger partial charge on any atom is -0.297 e. The molecule has 3 saturated carbocycles. The molecule has 3 heteroatoms. The number of halogens is 2. The minimum atomic E-state index is -0.400. The zero-order valence-electron chi connectivity index (χ0n) is 7.23. The van der Waals surface area contributed by atoms with E-state index in [1.807, 2.05) is 0 Å². The number of rotatable bonds is 0. The van der Waals surface area contributed by atoms with E-state index in [-0.39, 0.29) is 11.3 Å². The largest absolute Gasteiger partial charge is 0.297 e. The van der Waals surface area contributed by atoms with E-state index in [0.29, 0.717) is 11.7 Å². The van der Waals surface area contributed by atoms with Gasteiger partial charge in [-0.3, -0.25) is 4.79 Å². The van der Waals surface area contributed by atoms with Crippen molar-refractivity contribution in [2.45, 2.75) is 29.9 Å². The van der Waals surface area contributed by atoms with Crippen LogP contribution < -0.4 is 0 Å². The molecular weight excluding hydrogens is 284 g/mol. The number of fused-ring (bicyclic) bond motifs is 2. The third kappa shape index (κ3) is 0.985. The van der Waals surface area contributed by atoms with E-state index in [2.05, 4.69) is 45.7 Å². The van der Waals surface area contributed by atoms with E-state index >= 15 is 0 Å². The van der Waals surface area contributed by atoms with Crippen LogP contribution in [0.4, 0.5) is 0 Å². The Hall–Kier alpha value is 0.630. The molecule has 2 bridgehead atoms. The maximum absolute atomic E-state index is 11.8. The molecule has 3 aliphatic carbocycles. The average Bonchev–Trinajstić information content (AvgIpc) is 1.93. The first-order chi connectivity index (χ1) is 5.36. The molecule has 68 valence electrons. The molecule has 0 unspecified atom stereocenters. The van der Waals surface area contributed by atoms with Gasteiger partial charge < -0.3 is 0 Å². The van der Waals surface area contributed by atoms with Gasteiger partial charge in [0.1, 0.15) is 3.23 Å². The fourth-order valence-electron chi connectivity index (χ4n) is 2.47. The van der Waals surface area contributed by atoms with Crippen LogP contribution >= 0.6 is 31.9 Å². The van der Waals surface area contributed by atoms with Gasteiger partial charge in [0.15, 0.2) is 5.78 Å². The lowest BCUT2D eigenvalue weighted by molar-refractivity contribution is -0.148. The van der Waals surface area contributed by atoms with E-state index in [0.717, 1.165) is 12.8 Å². The minimum absolute atomic E-state index is 0.252. The van der Waals surface area contributed by atoms with Crippen molar-refractivity contribution in [2.75, 3.05) is 0 Å². The average molecular weight is 296 g/mol. The standard InChI is InChI=1S/C9H12Br2O/c1-8(2)5-3-6(8)7(12)9(10,11)4-5/h5-6H,3-4H2,1-2H3/t5-,6+/m1/s1. The molecule has 0 aromatic heterocycles. The molecule has 0 heterocycles. The Balaban J connectivity index is 2.29. The fourth-order valence-corrected chi connectivity index (χ4v) is 3.81. The molecule has 0 saturated heterocycles. The highest BCUT2D eigenvalue weighted by Crippen LogP contribution is 2.63. The number of ketones is 1. The Labute approximate surface area is 89.5 Å². The molecule has 0 spiro atoms. The smallest absolute Gasteiger partial charge is 0.163 e. The van der Waals surface area contributed by atoms with Gasteiger partial charge in [-0.1, -0.05) is 45.7 Å². The van der Waals surface area contributed by atoms with E-state index in [1.54, 1.807) is 0 Å². The predicted molar refractivity (Wildman–Crippen MR) is 55.6 cm³/mol. The van der Waals surface area contributed by atoms with Gasteiger partial charge in [-0.05, 0) is 24.2 Å². The Morgan fingerprint density at radius 2 is 2.00 bits per heavy atom. The number of carbonyl (C=O) groups excluding carboxylic acids is 1. The third-order valence-corrected chi connectivity index (χ3v) is 5.08. The van der Waals surface area contributed by atoms with Crippen molar-refractivity contribution >= 4 is 37.6 Å². The van der Waals surface area contributed by atoms with Crippen LogP contribution in [0.1, 0.15) is 26.7 Å². The summed E-state index contributed by atoms with van der Waals surface area (Å²) in [5.74, 6) is 1.32. The Kier molecular flexibility index (Phi) is 1.80. The van der Waals surface area contributed by atoms with Crippen LogP contribution in [0.3, 0.4) is 0 Å². The Morgan fingerprint density at radius 3 is 2.33 bits per heavy atom. The highest BCUT2D eigenvalue weighted by Gasteiger charge is 2.61. The summed E-state index contributed by atoms with van der Waals surface area (Å²) >= 11 is 6.89. The second-order valence-corrected chi connectivity index (χ2v) is 8.35. The van der Waals surface area contributed by atoms with Crippen molar-refractivity contribution < 1.29 is 4.79 Å². The first kappa shape index (κ1) is 9.20. The molecular formula is C9H12Br2O. The van der Waals surface area contributed by atoms with Crippen LogP contribution in [0.25, 0.3) is 0 Å². The highest BCUT2D eigenvalue weighted by molar-refractivity contribution is 9.25. The third-order valence-electron chi connectivity index (χ3n) is 3.65. The van der Waals surface area contributed by atoms with Crippen LogP contribution in [0.15, 0.2) is 0 Å². The normalized spacial score (nSPS) is 42.2. The van der Waals surface area contributed by atoms with Gasteiger partial charge in [0, 0.05) is 5.92 Å². The lowest BCUT2D eigenvalue weighted by atomic mass is 9.48. The maximum Gasteiger partial charge on any atom is 0.163 e. The molecule has 0 radical (unpaired) electrons. The van der Waals surface area contributed by atoms with Gasteiger partial charge in [0.05, 0.1) is 0 Å². The summed E-state index contributed by atoms with van der Waals surface area (Å²) in [6.45, 7) is 4.41. The maximum atomic E-state index is 11.8. The van der Waals surface area contributed by atoms with Crippen LogP contribution in [-0.2, 0) is 4.79 Å². The summed E-state index contributed by atoms with van der Waals surface area (Å²) in [5.41, 5.74) is 0.252. The summed E-state index contributed by atoms with van der Waals surface area (Å²) in [6, 6.07) is 0. The summed E-state index contributed by atoms with van der Waals surface area (Å²) < 4.78 is -0.400. The monoisotopic (exact) mass is 294 g/mol. The van der Waals surface area contributed by atoms with Crippen LogP contribution in [0.2, 0.25) is 0 Å². The molecule has 3 fully saturated rings. The van der Waals surface area contributed by atoms with Crippen molar-refractivity contribution in [1.82, 2.24) is 0 Å². The summed E-state index contributed by atoms with van der Waals surface area (Å²) in [6.07, 6.45) is 2.04. The van der Waals surface area contributed by atoms with Gasteiger partial charge in [-0.25, -0.2) is 0 Å². The van der Waals surface area contributed by atoms with E-state index in [9.17, 15) is 4.79 Å². The summed E-state index contributed by atoms with van der Waals surface area (Å²) in [4.78, 5) is 11.8. The van der Waals surface area contributed by atoms with Crippen LogP contribution in [-0.4, -0.2) is 9.02 Å². The fraction of sp³-hybridized carbons (Fsp3) is 0.889. The number of alkyl halides is 2. The van der Waals surface area contributed by atoms with Crippen LogP contribution in [0.5, 0.6) is 0 Å². The Bertz CT molecular complexity index is 245. The molecule has 0 N–H and O–H groups in total. The molecule has 2 atom stereocenters. The number of hydrogen-bond acceptors (Lipinski definition) is 1. The molecule has 3 aliphatic rings. The molecule has 0 amide bonds. The van der Waals surface area contributed by atoms with E-state index in [1.165, 1.54) is 0 Å². The summed E-state index contributed by atoms with van der Waals surface area (Å²) in [5, 5.41) is 0. The second-order valence-electron chi connectivity index (χ2n) is 4.58. The quantitative estimate of drug-likeness (QED) is 0.628. The van der Waals surface area contributed by atoms with Crippen LogP contribution in [0, 0.1) is 17.3 Å². The van der Waals surface area contributed by atoms with Crippen molar-refractivity contribution in [3.8, 4) is 0 Å². The Morgan fingerprint density at radius 1 is 1.42 bits per heavy atom. The first-order valence-corrected chi connectivity index (χ1v) is 5.86. The SMILES string of the molecule is CC1(C)[C@@H]2C[C@H]1C(=O)C(Br)(Br)C2. The number of carbonyl (C=O) groups is 1. The first-order valence-electron chi connectivity index (χ1n) is 4.28. The van der Waals surface area contributed by atoms with Gasteiger partial charge in [0.2, 0.25) is 0 Å². The summed E-state index contributed by atoms with van der Waals surface area (Å²) in [7, 11) is 0. The van der Waals surface area contributed by atoms with Crippen molar-refractivity contribution in [1.29, 1.82) is 0 Å². The molecule has 1 nitrogen and oxygen atoms in total. The molecule has 3 rings (SSSR count). The molecule has 0 aliphatic heterocycles. The van der Waals surface area contributed by atoms with E-state index in [4.69, 9.17) is 0 Å². The molecule has 0 aromatic rings. The molecule has 0 aromatic carbocycles. The van der Waals surface area contributed by atoms with Crippen molar-refractivity contribution in [3.05, 3.63) is 0 Å². The second kappa shape index (κ2) is 2.35. The van der Waals surface area contributed by atoms with Crippen molar-refractivity contribution in [3.63, 3.8) is 0 Å². The van der Waals surface area contributed by atoms with Gasteiger partial charge in [-0.2, -0.15) is 0 Å². The topological polar surface area (TPSA) is 17.1 Å². The van der Waals surface area contributed by atoms with E-state index < -0.39 is 3.23 Å². The van der Waals surface area contributed by atoms with Gasteiger partial charge in [0.25, 0.3) is 0 Å². The zero-order chi connectivity index (χ0) is 9.15. The number of hydrogen-bond donors (Lipinski definition) is 0. The lowest BCUT2D eigenvalue weighted by Crippen LogP contribution is -2.59. The highest BCUT2D eigenvalue weighted by atomic mass is 79.9. The van der Waals surface area contributed by atoms with Gasteiger partial charge in [-0.15, -0.1) is 0 Å². The van der Waals surface area contributed by atoms with Gasteiger partial charge >= 0.3 is 0 Å². The zero-order valence-corrected chi connectivity index (χ0v) is 10.4. The number of Topliss-reactive ketones (excluding diaryl/α,β-unsaturated/α-hetero) is 1. The molecule has 12 heavy (non-hydrogen) atoms.